The van der Waals surface area contributed by atoms with Crippen LogP contribution in [0.1, 0.15) is 17.0 Å². The molecule has 14 heavy (non-hydrogen) atoms. The summed E-state index contributed by atoms with van der Waals surface area (Å²) in [6, 6.07) is 10.5. The van der Waals surface area contributed by atoms with E-state index in [4.69, 9.17) is 5.26 Å². The van der Waals surface area contributed by atoms with E-state index >= 15 is 0 Å². The number of hydrogen-bond donors (Lipinski definition) is 0. The van der Waals surface area contributed by atoms with Gasteiger partial charge in [0, 0.05) is 19.0 Å². The molecule has 0 spiro atoms. The number of nitrogens with zero attached hydrogens (tertiary/aromatic N) is 2. The summed E-state index contributed by atoms with van der Waals surface area (Å²) in [4.78, 5) is 2.30. The second kappa shape index (κ2) is 3.81. The summed E-state index contributed by atoms with van der Waals surface area (Å²) in [5.74, 6) is 0.643. The topological polar surface area (TPSA) is 27.0 Å². The summed E-state index contributed by atoms with van der Waals surface area (Å²) in [5, 5.41) is 8.71. The molecule has 1 aromatic rings. The van der Waals surface area contributed by atoms with Gasteiger partial charge in [0.05, 0.1) is 12.5 Å². The summed E-state index contributed by atoms with van der Waals surface area (Å²) in [7, 11) is 2.13. The second-order valence-corrected chi connectivity index (χ2v) is 3.95. The molecular formula is C12H14N2. The maximum absolute atomic E-state index is 8.71. The average molecular weight is 186 g/mol. The quantitative estimate of drug-likeness (QED) is 0.704. The van der Waals surface area contributed by atoms with Gasteiger partial charge >= 0.3 is 0 Å². The minimum Gasteiger partial charge on any atom is -0.305 e. The zero-order valence-electron chi connectivity index (χ0n) is 8.40. The first-order valence-corrected chi connectivity index (χ1v) is 4.94. The van der Waals surface area contributed by atoms with Crippen molar-refractivity contribution < 1.29 is 0 Å². The summed E-state index contributed by atoms with van der Waals surface area (Å²) >= 11 is 0. The van der Waals surface area contributed by atoms with Crippen LogP contribution >= 0.6 is 0 Å². The molecule has 0 saturated carbocycles. The third kappa shape index (κ3) is 1.64. The van der Waals surface area contributed by atoms with Gasteiger partial charge in [-0.25, -0.2) is 0 Å². The van der Waals surface area contributed by atoms with E-state index in [9.17, 15) is 0 Å². The first kappa shape index (κ1) is 9.23. The first-order chi connectivity index (χ1) is 6.81. The van der Waals surface area contributed by atoms with Gasteiger partial charge < -0.3 is 4.90 Å². The Kier molecular flexibility index (Phi) is 2.51. The van der Waals surface area contributed by atoms with Gasteiger partial charge in [-0.3, -0.25) is 0 Å². The van der Waals surface area contributed by atoms with Gasteiger partial charge in [0.15, 0.2) is 0 Å². The van der Waals surface area contributed by atoms with Crippen molar-refractivity contribution in [2.45, 2.75) is 12.3 Å². The first-order valence-electron chi connectivity index (χ1n) is 4.94. The number of hydrogen-bond acceptors (Lipinski definition) is 2. The number of benzene rings is 1. The third-order valence-electron chi connectivity index (χ3n) is 2.83. The molecule has 1 aliphatic heterocycles. The summed E-state index contributed by atoms with van der Waals surface area (Å²) in [5.41, 5.74) is 2.57. The SMILES string of the molecule is CN1CC(c2ccccc2CC#N)C1. The van der Waals surface area contributed by atoms with Crippen molar-refractivity contribution in [2.24, 2.45) is 0 Å². The third-order valence-corrected chi connectivity index (χ3v) is 2.83. The molecule has 2 heteroatoms. The van der Waals surface area contributed by atoms with Crippen LogP contribution < -0.4 is 0 Å². The van der Waals surface area contributed by atoms with E-state index in [1.165, 1.54) is 11.1 Å². The van der Waals surface area contributed by atoms with Crippen molar-refractivity contribution >= 4 is 0 Å². The van der Waals surface area contributed by atoms with E-state index in [0.717, 1.165) is 13.1 Å². The van der Waals surface area contributed by atoms with E-state index in [1.54, 1.807) is 0 Å². The molecule has 0 aliphatic carbocycles. The molecule has 0 atom stereocenters. The van der Waals surface area contributed by atoms with Crippen LogP contribution in [0.25, 0.3) is 0 Å². The zero-order chi connectivity index (χ0) is 9.97. The maximum Gasteiger partial charge on any atom is 0.0669 e. The highest BCUT2D eigenvalue weighted by Crippen LogP contribution is 2.28. The van der Waals surface area contributed by atoms with Crippen LogP contribution in [0, 0.1) is 11.3 Å². The Balaban J connectivity index is 2.20. The van der Waals surface area contributed by atoms with E-state index in [1.807, 2.05) is 6.07 Å². The Morgan fingerprint density at radius 3 is 2.79 bits per heavy atom. The normalized spacial score (nSPS) is 17.4. The molecule has 1 heterocycles. The lowest BCUT2D eigenvalue weighted by atomic mass is 9.88. The number of rotatable bonds is 2. The summed E-state index contributed by atoms with van der Waals surface area (Å²) in [6.07, 6.45) is 0.538. The Morgan fingerprint density at radius 2 is 2.14 bits per heavy atom. The smallest absolute Gasteiger partial charge is 0.0669 e. The highest BCUT2D eigenvalue weighted by molar-refractivity contribution is 5.34. The number of nitriles is 1. The fourth-order valence-corrected chi connectivity index (χ4v) is 2.07. The predicted octanol–water partition coefficient (Wildman–Crippen LogP) is 1.78. The van der Waals surface area contributed by atoms with Gasteiger partial charge in [0.1, 0.15) is 0 Å². The number of likely N-dealkylation sites (N-methyl/N-ethyl adjacent to an activating group) is 1. The monoisotopic (exact) mass is 186 g/mol. The fourth-order valence-electron chi connectivity index (χ4n) is 2.07. The summed E-state index contributed by atoms with van der Waals surface area (Å²) < 4.78 is 0. The van der Waals surface area contributed by atoms with Crippen molar-refractivity contribution in [3.8, 4) is 6.07 Å². The minimum absolute atomic E-state index is 0.538. The fraction of sp³-hybridized carbons (Fsp3) is 0.417. The Morgan fingerprint density at radius 1 is 1.43 bits per heavy atom. The molecule has 0 unspecified atom stereocenters. The van der Waals surface area contributed by atoms with E-state index in [0.29, 0.717) is 12.3 Å². The zero-order valence-corrected chi connectivity index (χ0v) is 8.40. The van der Waals surface area contributed by atoms with Crippen LogP contribution in [-0.2, 0) is 6.42 Å². The molecule has 0 aromatic heterocycles. The molecule has 1 aromatic carbocycles. The van der Waals surface area contributed by atoms with Gasteiger partial charge in [-0.05, 0) is 18.2 Å². The second-order valence-electron chi connectivity index (χ2n) is 3.95. The van der Waals surface area contributed by atoms with Crippen LogP contribution in [-0.4, -0.2) is 25.0 Å². The molecular weight excluding hydrogens is 172 g/mol. The van der Waals surface area contributed by atoms with E-state index < -0.39 is 0 Å². The lowest BCUT2D eigenvalue weighted by molar-refractivity contribution is 0.189. The molecule has 1 aliphatic rings. The van der Waals surface area contributed by atoms with Crippen molar-refractivity contribution in [1.29, 1.82) is 5.26 Å². The maximum atomic E-state index is 8.71. The summed E-state index contributed by atoms with van der Waals surface area (Å²) in [6.45, 7) is 2.25. The number of likely N-dealkylation sites (tertiary alicyclic amines) is 1. The lowest BCUT2D eigenvalue weighted by Crippen LogP contribution is -2.42. The largest absolute Gasteiger partial charge is 0.305 e. The van der Waals surface area contributed by atoms with Crippen molar-refractivity contribution in [2.75, 3.05) is 20.1 Å². The average Bonchev–Trinajstić information content (AvgIpc) is 2.15. The molecule has 0 bridgehead atoms. The van der Waals surface area contributed by atoms with Gasteiger partial charge in [-0.2, -0.15) is 5.26 Å². The molecule has 1 saturated heterocycles. The van der Waals surface area contributed by atoms with Crippen molar-refractivity contribution in [3.63, 3.8) is 0 Å². The predicted molar refractivity (Wildman–Crippen MR) is 56.0 cm³/mol. The Hall–Kier alpha value is -1.33. The van der Waals surface area contributed by atoms with Crippen LogP contribution in [0.3, 0.4) is 0 Å². The van der Waals surface area contributed by atoms with Crippen LogP contribution in [0.15, 0.2) is 24.3 Å². The molecule has 0 amide bonds. The standard InChI is InChI=1S/C12H14N2/c1-14-8-11(9-14)12-5-3-2-4-10(12)6-7-13/h2-5,11H,6,8-9H2,1H3. The van der Waals surface area contributed by atoms with Crippen molar-refractivity contribution in [3.05, 3.63) is 35.4 Å². The van der Waals surface area contributed by atoms with E-state index in [-0.39, 0.29) is 0 Å². The van der Waals surface area contributed by atoms with Crippen LogP contribution in [0.5, 0.6) is 0 Å². The van der Waals surface area contributed by atoms with E-state index in [2.05, 4.69) is 36.2 Å². The highest BCUT2D eigenvalue weighted by atomic mass is 15.2. The molecule has 0 N–H and O–H groups in total. The minimum atomic E-state index is 0.538. The lowest BCUT2D eigenvalue weighted by Gasteiger charge is -2.37. The van der Waals surface area contributed by atoms with Crippen LogP contribution in [0.2, 0.25) is 0 Å². The Bertz CT molecular complexity index is 359. The highest BCUT2D eigenvalue weighted by Gasteiger charge is 2.26. The molecule has 1 fully saturated rings. The molecule has 2 rings (SSSR count). The van der Waals surface area contributed by atoms with Crippen LogP contribution in [0.4, 0.5) is 0 Å². The van der Waals surface area contributed by atoms with Crippen molar-refractivity contribution in [1.82, 2.24) is 4.90 Å². The molecule has 2 nitrogen and oxygen atoms in total. The van der Waals surface area contributed by atoms with Gasteiger partial charge in [0.25, 0.3) is 0 Å². The Labute approximate surface area is 84.8 Å². The van der Waals surface area contributed by atoms with Gasteiger partial charge in [-0.15, -0.1) is 0 Å². The van der Waals surface area contributed by atoms with Gasteiger partial charge in [0.2, 0.25) is 0 Å². The van der Waals surface area contributed by atoms with Gasteiger partial charge in [-0.1, -0.05) is 24.3 Å². The molecule has 0 radical (unpaired) electrons. The molecule has 72 valence electrons.